The lowest BCUT2D eigenvalue weighted by atomic mass is 9.74. The molecule has 1 N–H and O–H groups in total. The van der Waals surface area contributed by atoms with Gasteiger partial charge in [0.15, 0.2) is 11.5 Å². The molecule has 6 nitrogen and oxygen atoms in total. The molecule has 0 radical (unpaired) electrons. The maximum absolute atomic E-state index is 12.4. The smallest absolute Gasteiger partial charge is 0.338 e. The molecule has 4 atom stereocenters. The average Bonchev–Trinajstić information content (AvgIpc) is 3.13. The van der Waals surface area contributed by atoms with Crippen LogP contribution in [0.1, 0.15) is 28.3 Å². The van der Waals surface area contributed by atoms with Crippen molar-refractivity contribution in [2.45, 2.75) is 30.6 Å². The number of carbonyl (C=O) groups is 1. The lowest BCUT2D eigenvalue weighted by molar-refractivity contribution is -0.0336. The minimum absolute atomic E-state index is 0.0836. The summed E-state index contributed by atoms with van der Waals surface area (Å²) < 4.78 is 16.4. The average molecular weight is 315 g/mol. The van der Waals surface area contributed by atoms with Gasteiger partial charge in [-0.25, -0.2) is 4.79 Å². The quantitative estimate of drug-likeness (QED) is 0.570. The molecule has 0 saturated carbocycles. The Morgan fingerprint density at radius 1 is 1.26 bits per heavy atom. The molecule has 1 aromatic carbocycles. The van der Waals surface area contributed by atoms with Crippen LogP contribution >= 0.6 is 0 Å². The molecule has 3 heterocycles. The zero-order valence-corrected chi connectivity index (χ0v) is 12.7. The van der Waals surface area contributed by atoms with Gasteiger partial charge < -0.3 is 19.3 Å². The highest BCUT2D eigenvalue weighted by molar-refractivity contribution is 5.94. The fourth-order valence-corrected chi connectivity index (χ4v) is 4.36. The number of rotatable bonds is 0. The number of hydrogen-bond donors (Lipinski definition) is 1. The maximum Gasteiger partial charge on any atom is 0.338 e. The van der Waals surface area contributed by atoms with E-state index in [-0.39, 0.29) is 18.8 Å². The summed E-state index contributed by atoms with van der Waals surface area (Å²) in [5.41, 5.74) is 2.63. The molecule has 120 valence electrons. The summed E-state index contributed by atoms with van der Waals surface area (Å²) in [4.78, 5) is 14.7. The molecule has 1 aliphatic carbocycles. The van der Waals surface area contributed by atoms with Gasteiger partial charge in [0.05, 0.1) is 5.56 Å². The lowest BCUT2D eigenvalue weighted by Gasteiger charge is -2.43. The molecule has 1 saturated heterocycles. The topological polar surface area (TPSA) is 68.2 Å². The number of nitrogens with zero attached hydrogens (tertiary/aromatic N) is 1. The summed E-state index contributed by atoms with van der Waals surface area (Å²) >= 11 is 0. The van der Waals surface area contributed by atoms with Crippen LogP contribution in [0.25, 0.3) is 0 Å². The van der Waals surface area contributed by atoms with Crippen LogP contribution in [0.2, 0.25) is 0 Å². The summed E-state index contributed by atoms with van der Waals surface area (Å²) in [6, 6.07) is 3.74. The van der Waals surface area contributed by atoms with E-state index in [1.807, 2.05) is 12.1 Å². The van der Waals surface area contributed by atoms with Crippen LogP contribution in [0.15, 0.2) is 23.8 Å². The van der Waals surface area contributed by atoms with Crippen LogP contribution in [0.5, 0.6) is 11.5 Å². The van der Waals surface area contributed by atoms with Crippen LogP contribution in [-0.4, -0.2) is 54.6 Å². The highest BCUT2D eigenvalue weighted by atomic mass is 16.7. The minimum Gasteiger partial charge on any atom is -0.455 e. The number of likely N-dealkylation sites (tertiary alicyclic amines) is 1. The van der Waals surface area contributed by atoms with E-state index in [2.05, 4.69) is 11.9 Å². The number of carbonyl (C=O) groups excluding carboxylic acids is 1. The molecule has 1 fully saturated rings. The molecule has 0 spiro atoms. The molecular formula is C17H17NO5. The minimum atomic E-state index is -0.764. The van der Waals surface area contributed by atoms with Gasteiger partial charge in [-0.05, 0) is 31.2 Å². The van der Waals surface area contributed by atoms with Crippen molar-refractivity contribution in [2.75, 3.05) is 20.4 Å². The number of esters is 1. The van der Waals surface area contributed by atoms with Crippen LogP contribution in [0.3, 0.4) is 0 Å². The van der Waals surface area contributed by atoms with Crippen molar-refractivity contribution in [1.29, 1.82) is 0 Å². The summed E-state index contributed by atoms with van der Waals surface area (Å²) in [6.45, 7) is 1.11. The Morgan fingerprint density at radius 2 is 2.04 bits per heavy atom. The number of fused-ring (bicyclic) bond motifs is 6. The van der Waals surface area contributed by atoms with E-state index in [4.69, 9.17) is 14.2 Å². The second-order valence-electron chi connectivity index (χ2n) is 6.60. The third kappa shape index (κ3) is 1.73. The van der Waals surface area contributed by atoms with Gasteiger partial charge >= 0.3 is 5.97 Å². The number of hydrogen-bond acceptors (Lipinski definition) is 6. The zero-order valence-electron chi connectivity index (χ0n) is 12.7. The Bertz CT molecular complexity index is 743. The normalized spacial score (nSPS) is 34.3. The van der Waals surface area contributed by atoms with Crippen LogP contribution in [-0.2, 0) is 4.74 Å². The van der Waals surface area contributed by atoms with E-state index in [0.717, 1.165) is 18.5 Å². The molecule has 23 heavy (non-hydrogen) atoms. The largest absolute Gasteiger partial charge is 0.455 e. The second-order valence-corrected chi connectivity index (χ2v) is 6.60. The van der Waals surface area contributed by atoms with Gasteiger partial charge in [-0.15, -0.1) is 0 Å². The third-order valence-electron chi connectivity index (χ3n) is 5.39. The van der Waals surface area contributed by atoms with Gasteiger partial charge in [-0.1, -0.05) is 11.6 Å². The van der Waals surface area contributed by atoms with Crippen molar-refractivity contribution in [3.63, 3.8) is 0 Å². The van der Waals surface area contributed by atoms with Crippen LogP contribution in [0, 0.1) is 0 Å². The summed E-state index contributed by atoms with van der Waals surface area (Å²) in [5, 5.41) is 10.4. The van der Waals surface area contributed by atoms with E-state index < -0.39 is 18.2 Å². The lowest BCUT2D eigenvalue weighted by Crippen LogP contribution is -2.50. The van der Waals surface area contributed by atoms with E-state index >= 15 is 0 Å². The van der Waals surface area contributed by atoms with Gasteiger partial charge in [-0.3, -0.25) is 4.90 Å². The Hall–Kier alpha value is -2.05. The van der Waals surface area contributed by atoms with Gasteiger partial charge in [-0.2, -0.15) is 0 Å². The number of likely N-dealkylation sites (N-methyl/N-ethyl adjacent to an activating group) is 1. The second kappa shape index (κ2) is 4.49. The Balaban J connectivity index is 1.70. The van der Waals surface area contributed by atoms with Crippen molar-refractivity contribution < 1.29 is 24.1 Å². The highest BCUT2D eigenvalue weighted by Crippen LogP contribution is 2.48. The molecule has 4 aliphatic rings. The summed E-state index contributed by atoms with van der Waals surface area (Å²) in [5.74, 6) is 0.741. The van der Waals surface area contributed by atoms with Gasteiger partial charge in [0.25, 0.3) is 0 Å². The first-order valence-corrected chi connectivity index (χ1v) is 7.87. The van der Waals surface area contributed by atoms with Gasteiger partial charge in [0, 0.05) is 18.5 Å². The van der Waals surface area contributed by atoms with E-state index in [1.165, 1.54) is 5.57 Å². The van der Waals surface area contributed by atoms with E-state index in [1.54, 1.807) is 6.07 Å². The molecule has 0 aromatic heterocycles. The summed E-state index contributed by atoms with van der Waals surface area (Å²) in [6.07, 6.45) is 1.49. The Kier molecular flexibility index (Phi) is 2.61. The molecule has 0 amide bonds. The van der Waals surface area contributed by atoms with Crippen molar-refractivity contribution in [1.82, 2.24) is 4.90 Å². The van der Waals surface area contributed by atoms with Crippen molar-refractivity contribution >= 4 is 5.97 Å². The van der Waals surface area contributed by atoms with Crippen LogP contribution in [0.4, 0.5) is 0 Å². The number of ether oxygens (including phenoxy) is 3. The third-order valence-corrected chi connectivity index (χ3v) is 5.39. The standard InChI is InChI=1S/C17H17NO5/c1-18-3-2-8-4-11(19)16-14(15(8)18)9-5-12-13(22-7-21-12)6-10(9)17(20)23-16/h4-6,11,14-16,19H,2-3,7H2,1H3/t11-,14?,15?,16+/m1/s1. The van der Waals surface area contributed by atoms with Crippen molar-refractivity contribution in [2.24, 2.45) is 0 Å². The maximum atomic E-state index is 12.4. The molecule has 2 unspecified atom stereocenters. The molecule has 6 heteroatoms. The Morgan fingerprint density at radius 3 is 2.87 bits per heavy atom. The number of aliphatic hydroxyl groups is 1. The van der Waals surface area contributed by atoms with E-state index in [9.17, 15) is 9.90 Å². The first-order valence-electron chi connectivity index (χ1n) is 7.87. The molecule has 5 rings (SSSR count). The Labute approximate surface area is 133 Å². The fraction of sp³-hybridized carbons (Fsp3) is 0.471. The van der Waals surface area contributed by atoms with E-state index in [0.29, 0.717) is 17.1 Å². The van der Waals surface area contributed by atoms with Gasteiger partial charge in [0.2, 0.25) is 6.79 Å². The monoisotopic (exact) mass is 315 g/mol. The number of aliphatic hydroxyl groups excluding tert-OH is 1. The molecular weight excluding hydrogens is 298 g/mol. The highest BCUT2D eigenvalue weighted by Gasteiger charge is 2.50. The molecule has 1 aromatic rings. The first-order chi connectivity index (χ1) is 11.1. The fourth-order valence-electron chi connectivity index (χ4n) is 4.36. The predicted molar refractivity (Wildman–Crippen MR) is 79.6 cm³/mol. The van der Waals surface area contributed by atoms with Crippen molar-refractivity contribution in [3.05, 3.63) is 34.9 Å². The van der Waals surface area contributed by atoms with Crippen LogP contribution < -0.4 is 9.47 Å². The summed E-state index contributed by atoms with van der Waals surface area (Å²) in [7, 11) is 2.07. The molecule has 3 aliphatic heterocycles. The predicted octanol–water partition coefficient (Wildman–Crippen LogP) is 1.04. The van der Waals surface area contributed by atoms with Gasteiger partial charge in [0.1, 0.15) is 12.2 Å². The van der Waals surface area contributed by atoms with Crippen molar-refractivity contribution in [3.8, 4) is 11.5 Å². The molecule has 0 bridgehead atoms. The number of benzene rings is 1. The zero-order chi connectivity index (χ0) is 15.7. The first kappa shape index (κ1) is 13.4. The SMILES string of the molecule is CN1CCC2=C[C@@H](O)[C@@H]3OC(=O)c4cc5c(cc4C3C21)OCO5.